The van der Waals surface area contributed by atoms with Crippen LogP contribution in [-0.2, 0) is 5.41 Å². The Hall–Kier alpha value is -2.59. The molecule has 0 saturated carbocycles. The summed E-state index contributed by atoms with van der Waals surface area (Å²) < 4.78 is 2.35. The molecule has 1 N–H and O–H groups in total. The van der Waals surface area contributed by atoms with Crippen LogP contribution >= 0.6 is 0 Å². The average molecular weight is 312 g/mol. The Balaban J connectivity index is 2.12. The fourth-order valence-corrected chi connectivity index (χ4v) is 4.18. The van der Waals surface area contributed by atoms with Crippen molar-refractivity contribution in [3.05, 3.63) is 66.0 Å². The molecular formula is C20H17BN2O. The van der Waals surface area contributed by atoms with Crippen LogP contribution in [0, 0.1) is 0 Å². The van der Waals surface area contributed by atoms with Gasteiger partial charge in [-0.1, -0.05) is 49.6 Å². The van der Waals surface area contributed by atoms with E-state index in [0.717, 1.165) is 5.46 Å². The van der Waals surface area contributed by atoms with E-state index in [0.29, 0.717) is 0 Å². The molecule has 0 fully saturated rings. The minimum absolute atomic E-state index is 0.0540. The van der Waals surface area contributed by atoms with Crippen molar-refractivity contribution in [2.24, 2.45) is 0 Å². The Morgan fingerprint density at radius 1 is 1.04 bits per heavy atom. The monoisotopic (exact) mass is 312 g/mol. The van der Waals surface area contributed by atoms with Crippen molar-refractivity contribution in [2.45, 2.75) is 19.3 Å². The zero-order valence-electron chi connectivity index (χ0n) is 13.7. The van der Waals surface area contributed by atoms with E-state index in [1.165, 1.54) is 38.6 Å². The van der Waals surface area contributed by atoms with Crippen LogP contribution in [0.25, 0.3) is 27.5 Å². The van der Waals surface area contributed by atoms with E-state index >= 15 is 0 Å². The molecule has 2 aromatic heterocycles. The molecule has 3 heterocycles. The lowest BCUT2D eigenvalue weighted by molar-refractivity contribution is 0.613. The Morgan fingerprint density at radius 3 is 2.71 bits per heavy atom. The van der Waals surface area contributed by atoms with E-state index in [-0.39, 0.29) is 12.9 Å². The highest BCUT2D eigenvalue weighted by atomic mass is 16.2. The highest BCUT2D eigenvalue weighted by Crippen LogP contribution is 2.46. The second-order valence-electron chi connectivity index (χ2n) is 7.07. The maximum absolute atomic E-state index is 9.76. The van der Waals surface area contributed by atoms with Gasteiger partial charge in [-0.25, -0.2) is 0 Å². The molecule has 0 radical (unpaired) electrons. The first-order valence-corrected chi connectivity index (χ1v) is 8.25. The summed E-state index contributed by atoms with van der Waals surface area (Å²) in [4.78, 5) is 4.37. The van der Waals surface area contributed by atoms with Crippen molar-refractivity contribution in [2.75, 3.05) is 0 Å². The number of pyridine rings is 1. The molecule has 0 amide bonds. The SMILES string of the molecule is CC1(C)c2cnccc2-n2c3ccccc3c3cc(BO)cc1c32. The van der Waals surface area contributed by atoms with Crippen molar-refractivity contribution in [1.29, 1.82) is 0 Å². The van der Waals surface area contributed by atoms with Gasteiger partial charge in [0.05, 0.1) is 16.7 Å². The average Bonchev–Trinajstić information content (AvgIpc) is 2.94. The van der Waals surface area contributed by atoms with Crippen LogP contribution in [0.15, 0.2) is 54.9 Å². The smallest absolute Gasteiger partial charge is 0.304 e. The van der Waals surface area contributed by atoms with Crippen molar-refractivity contribution in [1.82, 2.24) is 9.55 Å². The number of hydrogen-bond acceptors (Lipinski definition) is 2. The topological polar surface area (TPSA) is 38.0 Å². The minimum Gasteiger partial charge on any atom is -0.449 e. The van der Waals surface area contributed by atoms with E-state index in [4.69, 9.17) is 0 Å². The van der Waals surface area contributed by atoms with Gasteiger partial charge in [0, 0.05) is 34.1 Å². The van der Waals surface area contributed by atoms with Crippen molar-refractivity contribution >= 4 is 34.8 Å². The highest BCUT2D eigenvalue weighted by molar-refractivity contribution is 6.46. The number of hydrogen-bond donors (Lipinski definition) is 1. The molecule has 4 aromatic rings. The molecular weight excluding hydrogens is 295 g/mol. The van der Waals surface area contributed by atoms with Crippen LogP contribution in [-0.4, -0.2) is 22.1 Å². The molecule has 0 saturated heterocycles. The number of aromatic nitrogens is 2. The molecule has 0 bridgehead atoms. The summed E-state index contributed by atoms with van der Waals surface area (Å²) >= 11 is 0. The molecule has 1 aliphatic rings. The maximum Gasteiger partial charge on any atom is 0.304 e. The van der Waals surface area contributed by atoms with Crippen molar-refractivity contribution in [3.63, 3.8) is 0 Å². The normalized spacial score (nSPS) is 14.8. The van der Waals surface area contributed by atoms with Gasteiger partial charge in [0.2, 0.25) is 0 Å². The lowest BCUT2D eigenvalue weighted by Gasteiger charge is -2.34. The van der Waals surface area contributed by atoms with Gasteiger partial charge in [0.25, 0.3) is 0 Å². The number of rotatable bonds is 1. The van der Waals surface area contributed by atoms with E-state index in [2.05, 4.69) is 65.9 Å². The number of fused-ring (bicyclic) bond motifs is 5. The first-order valence-electron chi connectivity index (χ1n) is 8.25. The molecule has 2 aromatic carbocycles. The summed E-state index contributed by atoms with van der Waals surface area (Å²) in [5.74, 6) is 0. The summed E-state index contributed by atoms with van der Waals surface area (Å²) in [5.41, 5.74) is 6.92. The molecule has 0 atom stereocenters. The van der Waals surface area contributed by atoms with Gasteiger partial charge in [0.15, 0.2) is 0 Å². The summed E-state index contributed by atoms with van der Waals surface area (Å²) in [6, 6.07) is 14.9. The second kappa shape index (κ2) is 4.49. The lowest BCUT2D eigenvalue weighted by Crippen LogP contribution is -2.29. The first-order chi connectivity index (χ1) is 11.6. The second-order valence-corrected chi connectivity index (χ2v) is 7.07. The van der Waals surface area contributed by atoms with Gasteiger partial charge in [-0.05, 0) is 17.7 Å². The zero-order valence-corrected chi connectivity index (χ0v) is 13.7. The fraction of sp³-hybridized carbons (Fsp3) is 0.150. The van der Waals surface area contributed by atoms with Gasteiger partial charge >= 0.3 is 7.48 Å². The van der Waals surface area contributed by atoms with E-state index in [1.807, 2.05) is 12.4 Å². The molecule has 0 unspecified atom stereocenters. The number of nitrogens with zero attached hydrogens (tertiary/aromatic N) is 2. The van der Waals surface area contributed by atoms with Crippen LogP contribution in [0.4, 0.5) is 0 Å². The summed E-state index contributed by atoms with van der Waals surface area (Å²) in [6.45, 7) is 4.48. The van der Waals surface area contributed by atoms with Crippen molar-refractivity contribution in [3.8, 4) is 5.69 Å². The molecule has 24 heavy (non-hydrogen) atoms. The summed E-state index contributed by atoms with van der Waals surface area (Å²) in [5, 5.41) is 12.2. The number of para-hydroxylation sites is 1. The zero-order chi connectivity index (χ0) is 16.5. The molecule has 4 heteroatoms. The predicted octanol–water partition coefficient (Wildman–Crippen LogP) is 2.79. The first kappa shape index (κ1) is 13.8. The molecule has 0 aliphatic carbocycles. The summed E-state index contributed by atoms with van der Waals surface area (Å²) in [6.07, 6.45) is 3.84. The van der Waals surface area contributed by atoms with Gasteiger partial charge in [-0.2, -0.15) is 0 Å². The van der Waals surface area contributed by atoms with E-state index in [1.54, 1.807) is 0 Å². The Morgan fingerprint density at radius 2 is 1.88 bits per heavy atom. The quantitative estimate of drug-likeness (QED) is 0.549. The minimum atomic E-state index is -0.155. The predicted molar refractivity (Wildman–Crippen MR) is 99.7 cm³/mol. The van der Waals surface area contributed by atoms with Crippen LogP contribution in [0.3, 0.4) is 0 Å². The highest BCUT2D eigenvalue weighted by Gasteiger charge is 2.35. The molecule has 1 aliphatic heterocycles. The lowest BCUT2D eigenvalue weighted by atomic mass is 9.73. The number of benzene rings is 2. The van der Waals surface area contributed by atoms with Crippen molar-refractivity contribution < 1.29 is 5.02 Å². The Bertz CT molecular complexity index is 1130. The Kier molecular flexibility index (Phi) is 2.58. The van der Waals surface area contributed by atoms with E-state index in [9.17, 15) is 5.02 Å². The third-order valence-corrected chi connectivity index (χ3v) is 5.40. The van der Waals surface area contributed by atoms with E-state index < -0.39 is 0 Å². The molecule has 5 rings (SSSR count). The fourth-order valence-electron chi connectivity index (χ4n) is 4.18. The van der Waals surface area contributed by atoms with Crippen LogP contribution in [0.1, 0.15) is 25.0 Å². The standard InChI is InChI=1S/C20H17BN2O/c1-20(2)15-10-12(21-24)9-14-13-5-3-4-6-17(13)23(19(14)15)18-7-8-22-11-16(18)20/h3-11,21,24H,1-2H3. The van der Waals surface area contributed by atoms with Gasteiger partial charge < -0.3 is 9.59 Å². The summed E-state index contributed by atoms with van der Waals surface area (Å²) in [7, 11) is 0.0540. The molecule has 116 valence electrons. The Labute approximate surface area is 140 Å². The maximum atomic E-state index is 9.76. The van der Waals surface area contributed by atoms with Crippen LogP contribution in [0.2, 0.25) is 0 Å². The molecule has 3 nitrogen and oxygen atoms in total. The van der Waals surface area contributed by atoms with Gasteiger partial charge in [0.1, 0.15) is 0 Å². The van der Waals surface area contributed by atoms with Crippen LogP contribution < -0.4 is 5.46 Å². The van der Waals surface area contributed by atoms with Gasteiger partial charge in [-0.3, -0.25) is 4.98 Å². The largest absolute Gasteiger partial charge is 0.449 e. The third-order valence-electron chi connectivity index (χ3n) is 5.40. The molecule has 0 spiro atoms. The third kappa shape index (κ3) is 1.54. The van der Waals surface area contributed by atoms with Crippen LogP contribution in [0.5, 0.6) is 0 Å². The van der Waals surface area contributed by atoms with Gasteiger partial charge in [-0.15, -0.1) is 0 Å².